The minimum Gasteiger partial charge on any atom is -0.404 e. The van der Waals surface area contributed by atoms with Crippen molar-refractivity contribution in [3.8, 4) is 0 Å². The smallest absolute Gasteiger partial charge is 0.219 e. The van der Waals surface area contributed by atoms with Crippen molar-refractivity contribution in [3.63, 3.8) is 0 Å². The van der Waals surface area contributed by atoms with Gasteiger partial charge >= 0.3 is 0 Å². The van der Waals surface area contributed by atoms with Gasteiger partial charge in [0, 0.05) is 62.8 Å². The Hall–Kier alpha value is -3.13. The number of amides is 1. The highest BCUT2D eigenvalue weighted by Crippen LogP contribution is 2.25. The number of allylic oxidation sites excluding steroid dienone is 1. The van der Waals surface area contributed by atoms with Crippen molar-refractivity contribution < 1.29 is 9.53 Å². The minimum atomic E-state index is 0.0350. The van der Waals surface area contributed by atoms with Gasteiger partial charge in [-0.05, 0) is 36.6 Å². The molecule has 1 atom stereocenters. The van der Waals surface area contributed by atoms with E-state index in [1.54, 1.807) is 25.1 Å². The number of nitrogens with two attached hydrogens (primary N) is 2. The standard InChI is InChI=1S/C23H32N6O2/c1-15-10-17(18(11-24)12-26-3)4-5-21(15)28-23(25)20-13-29(16(2)30)8-6-22(20)27-19-7-9-31-14-19/h4-5,10-12,19,27H,6-9,13-14,24H2,1-3H3,(H2,25,28). The highest BCUT2D eigenvalue weighted by Gasteiger charge is 2.26. The molecule has 3 rings (SSSR count). The van der Waals surface area contributed by atoms with Crippen LogP contribution in [0.3, 0.4) is 0 Å². The van der Waals surface area contributed by atoms with Gasteiger partial charge in [0.1, 0.15) is 5.84 Å². The molecule has 0 spiro atoms. The van der Waals surface area contributed by atoms with E-state index in [9.17, 15) is 4.79 Å². The van der Waals surface area contributed by atoms with Crippen molar-refractivity contribution in [1.82, 2.24) is 10.2 Å². The molecule has 5 N–H and O–H groups in total. The predicted molar refractivity (Wildman–Crippen MR) is 125 cm³/mol. The van der Waals surface area contributed by atoms with E-state index in [0.717, 1.165) is 53.1 Å². The Labute approximate surface area is 183 Å². The summed E-state index contributed by atoms with van der Waals surface area (Å²) in [5, 5.41) is 3.57. The molecule has 31 heavy (non-hydrogen) atoms. The average Bonchev–Trinajstić information content (AvgIpc) is 3.26. The van der Waals surface area contributed by atoms with Crippen molar-refractivity contribution in [2.24, 2.45) is 21.5 Å². The highest BCUT2D eigenvalue weighted by atomic mass is 16.5. The zero-order valence-corrected chi connectivity index (χ0v) is 18.5. The van der Waals surface area contributed by atoms with E-state index < -0.39 is 0 Å². The maximum Gasteiger partial charge on any atom is 0.219 e. The molecule has 2 aliphatic rings. The van der Waals surface area contributed by atoms with Crippen LogP contribution in [0.15, 0.2) is 45.7 Å². The third-order valence-corrected chi connectivity index (χ3v) is 5.63. The van der Waals surface area contributed by atoms with Crippen LogP contribution in [-0.4, -0.2) is 62.3 Å². The number of carbonyl (C=O) groups is 1. The third kappa shape index (κ3) is 5.52. The maximum absolute atomic E-state index is 12.0. The SMILES string of the molecule is CN=CC(=CN)c1ccc(N=C(N)C2=C(NC3CCOC3)CCN(C(C)=O)C2)c(C)c1. The van der Waals surface area contributed by atoms with Crippen LogP contribution in [0, 0.1) is 6.92 Å². The number of hydrogen-bond acceptors (Lipinski definition) is 6. The van der Waals surface area contributed by atoms with Gasteiger partial charge < -0.3 is 26.4 Å². The molecular formula is C23H32N6O2. The number of carbonyl (C=O) groups excluding carboxylic acids is 1. The number of amidine groups is 1. The molecule has 1 aromatic rings. The molecule has 1 fully saturated rings. The molecule has 0 radical (unpaired) electrons. The number of nitrogens with zero attached hydrogens (tertiary/aromatic N) is 3. The molecule has 2 heterocycles. The second-order valence-corrected chi connectivity index (χ2v) is 7.86. The van der Waals surface area contributed by atoms with Crippen LogP contribution in [0.1, 0.15) is 30.9 Å². The average molecular weight is 425 g/mol. The summed E-state index contributed by atoms with van der Waals surface area (Å²) in [5.74, 6) is 0.459. The lowest BCUT2D eigenvalue weighted by Gasteiger charge is -2.31. The molecule has 1 amide bonds. The normalized spacial score (nSPS) is 20.6. The fourth-order valence-electron chi connectivity index (χ4n) is 3.83. The van der Waals surface area contributed by atoms with E-state index >= 15 is 0 Å². The third-order valence-electron chi connectivity index (χ3n) is 5.63. The number of benzene rings is 1. The number of ether oxygens (including phenoxy) is 1. The number of aliphatic imine (C=N–C) groups is 2. The van der Waals surface area contributed by atoms with E-state index in [1.165, 1.54) is 6.20 Å². The van der Waals surface area contributed by atoms with Gasteiger partial charge in [-0.3, -0.25) is 9.79 Å². The molecule has 2 aliphatic heterocycles. The van der Waals surface area contributed by atoms with Gasteiger partial charge in [0.25, 0.3) is 0 Å². The largest absolute Gasteiger partial charge is 0.404 e. The van der Waals surface area contributed by atoms with Crippen LogP contribution in [0.25, 0.3) is 5.57 Å². The molecular weight excluding hydrogens is 392 g/mol. The Kier molecular flexibility index (Phi) is 7.46. The second kappa shape index (κ2) is 10.3. The lowest BCUT2D eigenvalue weighted by molar-refractivity contribution is -0.128. The van der Waals surface area contributed by atoms with Crippen LogP contribution < -0.4 is 16.8 Å². The lowest BCUT2D eigenvalue weighted by atomic mass is 10.0. The van der Waals surface area contributed by atoms with E-state index in [2.05, 4.69) is 10.3 Å². The molecule has 166 valence electrons. The summed E-state index contributed by atoms with van der Waals surface area (Å²) in [5.41, 5.74) is 17.7. The molecule has 0 bridgehead atoms. The van der Waals surface area contributed by atoms with Crippen molar-refractivity contribution in [3.05, 3.63) is 46.8 Å². The Morgan fingerprint density at radius 2 is 2.19 bits per heavy atom. The first-order valence-corrected chi connectivity index (χ1v) is 10.5. The number of aryl methyl sites for hydroxylation is 1. The summed E-state index contributed by atoms with van der Waals surface area (Å²) in [6.07, 6.45) is 4.94. The first-order valence-electron chi connectivity index (χ1n) is 10.5. The van der Waals surface area contributed by atoms with Gasteiger partial charge in [0.05, 0.1) is 24.9 Å². The number of nitrogens with one attached hydrogen (secondary N) is 1. The lowest BCUT2D eigenvalue weighted by Crippen LogP contribution is -2.43. The molecule has 1 aromatic carbocycles. The Bertz CT molecular complexity index is 941. The number of rotatable bonds is 6. The Balaban J connectivity index is 1.91. The quantitative estimate of drug-likeness (QED) is 0.476. The van der Waals surface area contributed by atoms with Gasteiger partial charge in [-0.1, -0.05) is 6.07 Å². The molecule has 1 saturated heterocycles. The van der Waals surface area contributed by atoms with Gasteiger partial charge in [-0.2, -0.15) is 0 Å². The van der Waals surface area contributed by atoms with Crippen molar-refractivity contribution in [2.75, 3.05) is 33.4 Å². The fraction of sp³-hybridized carbons (Fsp3) is 0.435. The monoisotopic (exact) mass is 424 g/mol. The predicted octanol–water partition coefficient (Wildman–Crippen LogP) is 1.87. The maximum atomic E-state index is 12.0. The highest BCUT2D eigenvalue weighted by molar-refractivity contribution is 6.09. The first-order chi connectivity index (χ1) is 14.9. The first kappa shape index (κ1) is 22.6. The summed E-state index contributed by atoms with van der Waals surface area (Å²) in [4.78, 5) is 22.5. The van der Waals surface area contributed by atoms with Crippen LogP contribution in [0.5, 0.6) is 0 Å². The fourth-order valence-corrected chi connectivity index (χ4v) is 3.83. The minimum absolute atomic E-state index is 0.0350. The van der Waals surface area contributed by atoms with Gasteiger partial charge in [0.2, 0.25) is 5.91 Å². The van der Waals surface area contributed by atoms with Gasteiger partial charge in [-0.25, -0.2) is 4.99 Å². The van der Waals surface area contributed by atoms with Crippen LogP contribution in [0.2, 0.25) is 0 Å². The summed E-state index contributed by atoms with van der Waals surface area (Å²) >= 11 is 0. The molecule has 0 aromatic heterocycles. The van der Waals surface area contributed by atoms with Gasteiger partial charge in [0.15, 0.2) is 0 Å². The van der Waals surface area contributed by atoms with Crippen molar-refractivity contribution in [1.29, 1.82) is 0 Å². The molecule has 0 aliphatic carbocycles. The molecule has 8 nitrogen and oxygen atoms in total. The number of hydrogen-bond donors (Lipinski definition) is 3. The summed E-state index contributed by atoms with van der Waals surface area (Å²) < 4.78 is 5.49. The summed E-state index contributed by atoms with van der Waals surface area (Å²) in [7, 11) is 1.71. The molecule has 8 heteroatoms. The Morgan fingerprint density at radius 1 is 1.39 bits per heavy atom. The van der Waals surface area contributed by atoms with E-state index in [4.69, 9.17) is 21.2 Å². The van der Waals surface area contributed by atoms with Crippen LogP contribution in [-0.2, 0) is 9.53 Å². The van der Waals surface area contributed by atoms with Crippen molar-refractivity contribution >= 4 is 29.2 Å². The topological polar surface area (TPSA) is 118 Å². The molecule has 0 saturated carbocycles. The second-order valence-electron chi connectivity index (χ2n) is 7.86. The van der Waals surface area contributed by atoms with Gasteiger partial charge in [-0.15, -0.1) is 0 Å². The summed E-state index contributed by atoms with van der Waals surface area (Å²) in [6.45, 7) is 6.13. The Morgan fingerprint density at radius 3 is 2.81 bits per heavy atom. The molecule has 1 unspecified atom stereocenters. The van der Waals surface area contributed by atoms with E-state index in [0.29, 0.717) is 25.5 Å². The van der Waals surface area contributed by atoms with E-state index in [1.807, 2.05) is 25.1 Å². The van der Waals surface area contributed by atoms with E-state index in [-0.39, 0.29) is 11.9 Å². The zero-order valence-electron chi connectivity index (χ0n) is 18.5. The van der Waals surface area contributed by atoms with Crippen LogP contribution in [0.4, 0.5) is 5.69 Å². The van der Waals surface area contributed by atoms with Crippen molar-refractivity contribution in [2.45, 2.75) is 32.7 Å². The van der Waals surface area contributed by atoms with Crippen LogP contribution >= 0.6 is 0 Å². The summed E-state index contributed by atoms with van der Waals surface area (Å²) in [6, 6.07) is 6.16. The zero-order chi connectivity index (χ0) is 22.4.